The molecule has 0 N–H and O–H groups in total. The summed E-state index contributed by atoms with van der Waals surface area (Å²) in [4.78, 5) is 24.9. The molecule has 3 rings (SSSR count). The number of ketones is 2. The first kappa shape index (κ1) is 14.2. The van der Waals surface area contributed by atoms with E-state index in [9.17, 15) is 9.59 Å². The highest BCUT2D eigenvalue weighted by Gasteiger charge is 2.14. The quantitative estimate of drug-likeness (QED) is 0.763. The topological polar surface area (TPSA) is 34.1 Å². The van der Waals surface area contributed by atoms with Crippen molar-refractivity contribution in [3.05, 3.63) is 57.3 Å². The average Bonchev–Trinajstić information content (AvgIpc) is 3.06. The molecule has 1 aliphatic rings. The van der Waals surface area contributed by atoms with Crippen molar-refractivity contribution in [2.75, 3.05) is 0 Å². The maximum absolute atomic E-state index is 12.3. The smallest absolute Gasteiger partial charge is 0.173 e. The van der Waals surface area contributed by atoms with Gasteiger partial charge < -0.3 is 0 Å². The van der Waals surface area contributed by atoms with Gasteiger partial charge in [0, 0.05) is 18.4 Å². The third-order valence-electron chi connectivity index (χ3n) is 4.05. The summed E-state index contributed by atoms with van der Waals surface area (Å²) in [5.74, 6) is 0.143. The van der Waals surface area contributed by atoms with E-state index in [1.54, 1.807) is 0 Å². The SMILES string of the molecule is O=C(CCC(=O)c1cccs1)c1ccc2c(c1)CCCC2. The second-order valence-corrected chi connectivity index (χ2v) is 6.46. The molecule has 0 saturated heterocycles. The van der Waals surface area contributed by atoms with Crippen molar-refractivity contribution in [1.29, 1.82) is 0 Å². The van der Waals surface area contributed by atoms with E-state index in [4.69, 9.17) is 0 Å². The Morgan fingerprint density at radius 1 is 0.952 bits per heavy atom. The number of benzene rings is 1. The predicted molar refractivity (Wildman–Crippen MR) is 85.3 cm³/mol. The zero-order chi connectivity index (χ0) is 14.7. The molecular formula is C18H18O2S. The summed E-state index contributed by atoms with van der Waals surface area (Å²) < 4.78 is 0. The van der Waals surface area contributed by atoms with Crippen LogP contribution in [0.5, 0.6) is 0 Å². The molecule has 1 aromatic heterocycles. The highest BCUT2D eigenvalue weighted by atomic mass is 32.1. The Balaban J connectivity index is 1.64. The van der Waals surface area contributed by atoms with Crippen LogP contribution in [0.1, 0.15) is 56.8 Å². The molecule has 1 heterocycles. The first-order valence-electron chi connectivity index (χ1n) is 7.46. The van der Waals surface area contributed by atoms with Crippen LogP contribution in [-0.4, -0.2) is 11.6 Å². The Morgan fingerprint density at radius 3 is 2.48 bits per heavy atom. The first-order chi connectivity index (χ1) is 10.2. The summed E-state index contributed by atoms with van der Waals surface area (Å²) in [6.07, 6.45) is 5.26. The van der Waals surface area contributed by atoms with Crippen LogP contribution in [0.4, 0.5) is 0 Å². The molecular weight excluding hydrogens is 280 g/mol. The van der Waals surface area contributed by atoms with Crippen molar-refractivity contribution in [2.24, 2.45) is 0 Å². The second kappa shape index (κ2) is 6.35. The Labute approximate surface area is 128 Å². The van der Waals surface area contributed by atoms with Gasteiger partial charge in [-0.1, -0.05) is 18.2 Å². The number of Topliss-reactive ketones (excluding diaryl/α,β-unsaturated/α-hetero) is 2. The van der Waals surface area contributed by atoms with Crippen molar-refractivity contribution >= 4 is 22.9 Å². The lowest BCUT2D eigenvalue weighted by molar-refractivity contribution is 0.0919. The fourth-order valence-corrected chi connectivity index (χ4v) is 3.53. The predicted octanol–water partition coefficient (Wildman–Crippen LogP) is 4.47. The van der Waals surface area contributed by atoms with Gasteiger partial charge in [-0.25, -0.2) is 0 Å². The van der Waals surface area contributed by atoms with E-state index in [2.05, 4.69) is 6.07 Å². The number of fused-ring (bicyclic) bond motifs is 1. The summed E-state index contributed by atoms with van der Waals surface area (Å²) in [6, 6.07) is 9.72. The maximum atomic E-state index is 12.3. The number of rotatable bonds is 5. The number of carbonyl (C=O) groups excluding carboxylic acids is 2. The standard InChI is InChI=1S/C18H18O2S/c19-16(9-10-17(20)18-6-3-11-21-18)15-8-7-13-4-1-2-5-14(13)12-15/h3,6-8,11-12H,1-2,4-5,9-10H2. The molecule has 0 unspecified atom stereocenters. The molecule has 0 radical (unpaired) electrons. The Morgan fingerprint density at radius 2 is 1.71 bits per heavy atom. The Hall–Kier alpha value is -1.74. The van der Waals surface area contributed by atoms with E-state index in [0.717, 1.165) is 23.3 Å². The second-order valence-electron chi connectivity index (χ2n) is 5.51. The fraction of sp³-hybridized carbons (Fsp3) is 0.333. The highest BCUT2D eigenvalue weighted by molar-refractivity contribution is 7.12. The van der Waals surface area contributed by atoms with Gasteiger partial charge in [0.1, 0.15) is 0 Å². The van der Waals surface area contributed by atoms with Gasteiger partial charge in [0.2, 0.25) is 0 Å². The van der Waals surface area contributed by atoms with Crippen molar-refractivity contribution in [3.8, 4) is 0 Å². The van der Waals surface area contributed by atoms with E-state index in [0.29, 0.717) is 12.8 Å². The number of hydrogen-bond acceptors (Lipinski definition) is 3. The zero-order valence-electron chi connectivity index (χ0n) is 11.9. The molecule has 0 amide bonds. The van der Waals surface area contributed by atoms with Crippen molar-refractivity contribution < 1.29 is 9.59 Å². The van der Waals surface area contributed by atoms with Crippen molar-refractivity contribution in [2.45, 2.75) is 38.5 Å². The van der Waals surface area contributed by atoms with Crippen LogP contribution in [0, 0.1) is 0 Å². The van der Waals surface area contributed by atoms with Crippen LogP contribution in [0.25, 0.3) is 0 Å². The van der Waals surface area contributed by atoms with Crippen LogP contribution in [0.15, 0.2) is 35.7 Å². The van der Waals surface area contributed by atoms with E-state index >= 15 is 0 Å². The molecule has 1 aliphatic carbocycles. The summed E-state index contributed by atoms with van der Waals surface area (Å²) >= 11 is 1.44. The van der Waals surface area contributed by atoms with Crippen LogP contribution < -0.4 is 0 Å². The maximum Gasteiger partial charge on any atom is 0.173 e. The van der Waals surface area contributed by atoms with Gasteiger partial charge in [0.15, 0.2) is 11.6 Å². The van der Waals surface area contributed by atoms with Crippen molar-refractivity contribution in [1.82, 2.24) is 0 Å². The Kier molecular flexibility index (Phi) is 4.30. The molecule has 108 valence electrons. The van der Waals surface area contributed by atoms with Crippen molar-refractivity contribution in [3.63, 3.8) is 0 Å². The number of thiophene rings is 1. The van der Waals surface area contributed by atoms with Crippen LogP contribution >= 0.6 is 11.3 Å². The largest absolute Gasteiger partial charge is 0.294 e. The fourth-order valence-electron chi connectivity index (χ4n) is 2.84. The third kappa shape index (κ3) is 3.30. The van der Waals surface area contributed by atoms with Gasteiger partial charge in [-0.3, -0.25) is 9.59 Å². The lowest BCUT2D eigenvalue weighted by Crippen LogP contribution is -2.07. The molecule has 0 aliphatic heterocycles. The number of carbonyl (C=O) groups is 2. The lowest BCUT2D eigenvalue weighted by atomic mass is 9.89. The molecule has 0 fully saturated rings. The average molecular weight is 298 g/mol. The number of hydrogen-bond donors (Lipinski definition) is 0. The lowest BCUT2D eigenvalue weighted by Gasteiger charge is -2.16. The minimum absolute atomic E-state index is 0.0660. The third-order valence-corrected chi connectivity index (χ3v) is 4.96. The molecule has 2 aromatic rings. The van der Waals surface area contributed by atoms with E-state index in [1.165, 1.54) is 35.3 Å². The van der Waals surface area contributed by atoms with Gasteiger partial charge in [-0.05, 0) is 54.3 Å². The van der Waals surface area contributed by atoms with E-state index in [-0.39, 0.29) is 11.6 Å². The highest BCUT2D eigenvalue weighted by Crippen LogP contribution is 2.23. The van der Waals surface area contributed by atoms with Gasteiger partial charge >= 0.3 is 0 Å². The zero-order valence-corrected chi connectivity index (χ0v) is 12.7. The molecule has 21 heavy (non-hydrogen) atoms. The molecule has 0 saturated carbocycles. The van der Waals surface area contributed by atoms with Crippen LogP contribution in [0.2, 0.25) is 0 Å². The van der Waals surface area contributed by atoms with Gasteiger partial charge in [-0.2, -0.15) is 0 Å². The molecule has 3 heteroatoms. The normalized spacial score (nSPS) is 13.7. The summed E-state index contributed by atoms with van der Waals surface area (Å²) in [6.45, 7) is 0. The minimum Gasteiger partial charge on any atom is -0.294 e. The summed E-state index contributed by atoms with van der Waals surface area (Å²) in [5, 5.41) is 1.89. The van der Waals surface area contributed by atoms with E-state index in [1.807, 2.05) is 29.6 Å². The van der Waals surface area contributed by atoms with Crippen LogP contribution in [0.3, 0.4) is 0 Å². The van der Waals surface area contributed by atoms with Gasteiger partial charge in [0.25, 0.3) is 0 Å². The van der Waals surface area contributed by atoms with Gasteiger partial charge in [-0.15, -0.1) is 11.3 Å². The van der Waals surface area contributed by atoms with E-state index < -0.39 is 0 Å². The molecule has 0 atom stereocenters. The minimum atomic E-state index is 0.0660. The van der Waals surface area contributed by atoms with Crippen LogP contribution in [-0.2, 0) is 12.8 Å². The van der Waals surface area contributed by atoms with Gasteiger partial charge in [0.05, 0.1) is 4.88 Å². The molecule has 0 spiro atoms. The monoisotopic (exact) mass is 298 g/mol. The Bertz CT molecular complexity index is 656. The summed E-state index contributed by atoms with van der Waals surface area (Å²) in [7, 11) is 0. The molecule has 1 aromatic carbocycles. The molecule has 0 bridgehead atoms. The summed E-state index contributed by atoms with van der Waals surface area (Å²) in [5.41, 5.74) is 3.46. The molecule has 2 nitrogen and oxygen atoms in total. The number of aryl methyl sites for hydroxylation is 2. The first-order valence-corrected chi connectivity index (χ1v) is 8.34.